The zero-order chi connectivity index (χ0) is 39.3. The lowest BCUT2D eigenvalue weighted by molar-refractivity contribution is -0.297. The van der Waals surface area contributed by atoms with Gasteiger partial charge in [0, 0.05) is 51.9 Å². The number of Topliss-reactive ketones (excluding diaryl/α,β-unsaturated/α-hetero) is 2. The van der Waals surface area contributed by atoms with E-state index in [2.05, 4.69) is 0 Å². The predicted octanol–water partition coefficient (Wildman–Crippen LogP) is 6.07. The van der Waals surface area contributed by atoms with E-state index in [0.717, 1.165) is 12.8 Å². The molecule has 0 bridgehead atoms. The maximum Gasteiger partial charge on any atom is 0.348 e. The van der Waals surface area contributed by atoms with Gasteiger partial charge < -0.3 is 38.6 Å². The van der Waals surface area contributed by atoms with Crippen molar-refractivity contribution in [3.8, 4) is 0 Å². The molecule has 0 aromatic carbocycles. The Hall–Kier alpha value is -5.66. The van der Waals surface area contributed by atoms with E-state index in [9.17, 15) is 39.0 Å². The molecule has 2 N–H and O–H groups in total. The standard InChI is InChI=1S/C40H44O14/c1-5-17-37(3)23-29(41)25(30(42)24-37)13-9-7-10-15-27-33(45)51-39(52-34(27)46)19-21-40(22-20-39)53-35(47)28(36(48)54-40)16-12-8-11-14-26-31(43)49-38(4,18-6-2)50-32(26)44/h7-16,43,45H,5-6,17-24H2,1-4H3/b9-7+,12-8+,14-11+,15-10+,25-13?,28-16?. The molecule has 1 unspecified atom stereocenters. The van der Waals surface area contributed by atoms with Gasteiger partial charge in [0.15, 0.2) is 11.6 Å². The van der Waals surface area contributed by atoms with Crippen LogP contribution in [0.4, 0.5) is 0 Å². The van der Waals surface area contributed by atoms with Crippen LogP contribution in [-0.4, -0.2) is 63.0 Å². The van der Waals surface area contributed by atoms with Gasteiger partial charge in [-0.2, -0.15) is 0 Å². The lowest BCUT2D eigenvalue weighted by Crippen LogP contribution is -2.54. The van der Waals surface area contributed by atoms with E-state index in [4.69, 9.17) is 28.4 Å². The minimum Gasteiger partial charge on any atom is -0.480 e. The van der Waals surface area contributed by atoms with Gasteiger partial charge in [0.25, 0.3) is 29.3 Å². The van der Waals surface area contributed by atoms with Gasteiger partial charge in [0.2, 0.25) is 0 Å². The van der Waals surface area contributed by atoms with Crippen molar-refractivity contribution in [2.75, 3.05) is 0 Å². The van der Waals surface area contributed by atoms with E-state index < -0.39 is 58.7 Å². The summed E-state index contributed by atoms with van der Waals surface area (Å²) in [7, 11) is 0. The highest BCUT2D eigenvalue weighted by Crippen LogP contribution is 2.46. The van der Waals surface area contributed by atoms with Crippen molar-refractivity contribution in [1.29, 1.82) is 0 Å². The second-order valence-electron chi connectivity index (χ2n) is 14.3. The summed E-state index contributed by atoms with van der Waals surface area (Å²) < 4.78 is 32.9. The van der Waals surface area contributed by atoms with Crippen LogP contribution in [0.1, 0.15) is 91.9 Å². The molecular weight excluding hydrogens is 704 g/mol. The summed E-state index contributed by atoms with van der Waals surface area (Å²) in [5.41, 5.74) is -1.06. The Morgan fingerprint density at radius 3 is 1.46 bits per heavy atom. The number of allylic oxidation sites excluding steroid dienone is 9. The van der Waals surface area contributed by atoms with Crippen LogP contribution in [0.3, 0.4) is 0 Å². The van der Waals surface area contributed by atoms with Gasteiger partial charge in [-0.25, -0.2) is 19.2 Å². The van der Waals surface area contributed by atoms with E-state index in [1.54, 1.807) is 6.92 Å². The fourth-order valence-corrected chi connectivity index (χ4v) is 7.01. The number of carbonyl (C=O) groups is 6. The maximum atomic E-state index is 12.9. The molecule has 5 aliphatic rings. The van der Waals surface area contributed by atoms with Crippen molar-refractivity contribution >= 4 is 35.4 Å². The first-order valence-corrected chi connectivity index (χ1v) is 17.9. The Balaban J connectivity index is 1.14. The zero-order valence-electron chi connectivity index (χ0n) is 30.6. The third-order valence-electron chi connectivity index (χ3n) is 9.68. The minimum atomic E-state index is -1.64. The van der Waals surface area contributed by atoms with Crippen molar-refractivity contribution in [3.63, 3.8) is 0 Å². The number of esters is 4. The molecule has 14 nitrogen and oxygen atoms in total. The summed E-state index contributed by atoms with van der Waals surface area (Å²) in [5.74, 6) is -9.68. The topological polar surface area (TPSA) is 198 Å². The van der Waals surface area contributed by atoms with E-state index in [1.165, 1.54) is 60.8 Å². The molecule has 2 aliphatic carbocycles. The molecule has 2 saturated carbocycles. The number of carbonyl (C=O) groups excluding carboxylic acids is 6. The van der Waals surface area contributed by atoms with Gasteiger partial charge in [-0.15, -0.1) is 0 Å². The SMILES string of the molecule is CCCC1(C)CC(=O)C(=C/C=C/C=C/C2=C(O)OC3(CCC4(CC3)OC(=O)C(=C/C=C/C=C/C3=C(O)OC(C)(CCC)OC3=O)C(=O)O4)OC2=O)C(=O)C1. The Bertz CT molecular complexity index is 1810. The summed E-state index contributed by atoms with van der Waals surface area (Å²) in [6.45, 7) is 7.39. The van der Waals surface area contributed by atoms with E-state index in [1.807, 2.05) is 20.8 Å². The molecule has 0 amide bonds. The molecule has 3 aliphatic heterocycles. The van der Waals surface area contributed by atoms with E-state index in [-0.39, 0.29) is 59.4 Å². The van der Waals surface area contributed by atoms with Crippen LogP contribution in [0.2, 0.25) is 0 Å². The normalized spacial score (nSPS) is 30.7. The number of hydrogen-bond donors (Lipinski definition) is 2. The Kier molecular flexibility index (Phi) is 11.5. The molecule has 0 aromatic rings. The summed E-state index contributed by atoms with van der Waals surface area (Å²) in [4.78, 5) is 76.1. The third kappa shape index (κ3) is 8.75. The second-order valence-corrected chi connectivity index (χ2v) is 14.3. The summed E-state index contributed by atoms with van der Waals surface area (Å²) in [6.07, 6.45) is 16.6. The quantitative estimate of drug-likeness (QED) is 0.0858. The predicted molar refractivity (Wildman–Crippen MR) is 188 cm³/mol. The smallest absolute Gasteiger partial charge is 0.348 e. The third-order valence-corrected chi connectivity index (χ3v) is 9.68. The molecule has 14 heteroatoms. The van der Waals surface area contributed by atoms with Crippen LogP contribution in [-0.2, 0) is 57.2 Å². The van der Waals surface area contributed by atoms with E-state index >= 15 is 0 Å². The number of hydrogen-bond acceptors (Lipinski definition) is 14. The Morgan fingerprint density at radius 2 is 0.981 bits per heavy atom. The van der Waals surface area contributed by atoms with Gasteiger partial charge in [0.05, 0.1) is 5.57 Å². The Labute approximate surface area is 312 Å². The highest BCUT2D eigenvalue weighted by Gasteiger charge is 2.56. The lowest BCUT2D eigenvalue weighted by atomic mass is 9.70. The van der Waals surface area contributed by atoms with Crippen LogP contribution < -0.4 is 0 Å². The molecule has 54 heavy (non-hydrogen) atoms. The van der Waals surface area contributed by atoms with Crippen LogP contribution in [0.15, 0.2) is 94.9 Å². The maximum absolute atomic E-state index is 12.9. The minimum absolute atomic E-state index is 0.0800. The van der Waals surface area contributed by atoms with Crippen molar-refractivity contribution in [1.82, 2.24) is 0 Å². The summed E-state index contributed by atoms with van der Waals surface area (Å²) >= 11 is 0. The van der Waals surface area contributed by atoms with Gasteiger partial charge in [0.1, 0.15) is 16.7 Å². The lowest BCUT2D eigenvalue weighted by Gasteiger charge is -2.46. The molecule has 5 rings (SSSR count). The second kappa shape index (κ2) is 15.7. The van der Waals surface area contributed by atoms with Gasteiger partial charge in [-0.05, 0) is 42.6 Å². The first-order chi connectivity index (χ1) is 25.5. The molecule has 3 fully saturated rings. The van der Waals surface area contributed by atoms with E-state index in [0.29, 0.717) is 25.7 Å². The van der Waals surface area contributed by atoms with Crippen molar-refractivity contribution < 1.29 is 67.4 Å². The average Bonchev–Trinajstić information content (AvgIpc) is 3.06. The number of ketones is 2. The van der Waals surface area contributed by atoms with Crippen LogP contribution >= 0.6 is 0 Å². The number of ether oxygens (including phenoxy) is 6. The highest BCUT2D eigenvalue weighted by atomic mass is 16.8. The van der Waals surface area contributed by atoms with Crippen LogP contribution in [0.5, 0.6) is 0 Å². The van der Waals surface area contributed by atoms with Gasteiger partial charge >= 0.3 is 23.9 Å². The molecule has 3 heterocycles. The molecular formula is C40H44O14. The molecule has 288 valence electrons. The highest BCUT2D eigenvalue weighted by molar-refractivity contribution is 6.22. The van der Waals surface area contributed by atoms with Gasteiger partial charge in [-0.1, -0.05) is 63.6 Å². The fourth-order valence-electron chi connectivity index (χ4n) is 7.01. The van der Waals surface area contributed by atoms with Crippen LogP contribution in [0.25, 0.3) is 0 Å². The van der Waals surface area contributed by atoms with Crippen molar-refractivity contribution in [2.24, 2.45) is 5.41 Å². The van der Waals surface area contributed by atoms with Gasteiger partial charge in [-0.3, -0.25) is 9.59 Å². The molecule has 2 spiro atoms. The first-order valence-electron chi connectivity index (χ1n) is 17.9. The summed E-state index contributed by atoms with van der Waals surface area (Å²) in [6, 6.07) is 0. The molecule has 1 atom stereocenters. The average molecular weight is 749 g/mol. The van der Waals surface area contributed by atoms with Crippen molar-refractivity contribution in [2.45, 2.75) is 109 Å². The van der Waals surface area contributed by atoms with Crippen molar-refractivity contribution in [3.05, 3.63) is 94.9 Å². The number of aliphatic hydroxyl groups is 2. The number of cyclic esters (lactones) is 1. The number of rotatable bonds is 10. The van der Waals surface area contributed by atoms with Crippen LogP contribution in [0, 0.1) is 5.41 Å². The zero-order valence-corrected chi connectivity index (χ0v) is 30.6. The fraction of sp³-hybridized carbons (Fsp3) is 0.450. The monoisotopic (exact) mass is 748 g/mol. The summed E-state index contributed by atoms with van der Waals surface area (Å²) in [5, 5.41) is 20.8. The molecule has 0 radical (unpaired) electrons. The Morgan fingerprint density at radius 1 is 0.537 bits per heavy atom. The molecule has 1 saturated heterocycles. The largest absolute Gasteiger partial charge is 0.480 e. The molecule has 0 aromatic heterocycles. The first kappa shape index (κ1) is 39.5. The number of aliphatic hydroxyl groups excluding tert-OH is 2.